The van der Waals surface area contributed by atoms with Crippen molar-refractivity contribution in [2.24, 2.45) is 12.8 Å². The molecule has 3 aromatic rings. The minimum Gasteiger partial charge on any atom is -0.365 e. The van der Waals surface area contributed by atoms with Crippen molar-refractivity contribution in [3.8, 4) is 0 Å². The highest BCUT2D eigenvalue weighted by Crippen LogP contribution is 2.42. The Labute approximate surface area is 197 Å². The third-order valence-electron chi connectivity index (χ3n) is 5.51. The van der Waals surface area contributed by atoms with E-state index >= 15 is 0 Å². The van der Waals surface area contributed by atoms with Gasteiger partial charge < -0.3 is 11.1 Å². The fourth-order valence-electron chi connectivity index (χ4n) is 3.59. The largest absolute Gasteiger partial charge is 0.365 e. The summed E-state index contributed by atoms with van der Waals surface area (Å²) in [7, 11) is -0.662. The Morgan fingerprint density at radius 2 is 2.03 bits per heavy atom. The van der Waals surface area contributed by atoms with Crippen LogP contribution in [0.3, 0.4) is 0 Å². The Morgan fingerprint density at radius 1 is 1.26 bits per heavy atom. The molecule has 1 aliphatic carbocycles. The number of amides is 1. The summed E-state index contributed by atoms with van der Waals surface area (Å²) in [6.45, 7) is 2.18. The molecule has 4 N–H and O–H groups in total. The summed E-state index contributed by atoms with van der Waals surface area (Å²) >= 11 is 0. The lowest BCUT2D eigenvalue weighted by atomic mass is 10.1. The van der Waals surface area contributed by atoms with Crippen LogP contribution in [0.5, 0.6) is 0 Å². The number of pyridine rings is 1. The van der Waals surface area contributed by atoms with Crippen molar-refractivity contribution in [1.82, 2.24) is 19.5 Å². The first kappa shape index (κ1) is 23.7. The standard InChI is InChI=1S/C22H27N7O4S/c1-4-33-29(21-9-10-26-28(21)3)20-12-18(16(13-25-20)22(23)30)27-17-8-7-15(14-5-6-14)11-19(17)34(31,32)24-2/h7-14,24H,4-6H2,1-3H3,(H2,23,30)(H,25,27). The lowest BCUT2D eigenvalue weighted by Gasteiger charge is -2.23. The lowest BCUT2D eigenvalue weighted by Crippen LogP contribution is -2.23. The molecule has 1 fully saturated rings. The topological polar surface area (TPSA) is 144 Å². The first-order valence-electron chi connectivity index (χ1n) is 10.8. The number of primary amides is 1. The molecule has 0 atom stereocenters. The molecule has 11 nitrogen and oxygen atoms in total. The molecule has 0 saturated heterocycles. The summed E-state index contributed by atoms with van der Waals surface area (Å²) in [4.78, 5) is 22.3. The number of rotatable bonds is 10. The van der Waals surface area contributed by atoms with Crippen LogP contribution in [0.15, 0.2) is 47.6 Å². The Morgan fingerprint density at radius 3 is 2.62 bits per heavy atom. The van der Waals surface area contributed by atoms with Crippen molar-refractivity contribution >= 4 is 38.9 Å². The Kier molecular flexibility index (Phi) is 6.55. The Bertz CT molecular complexity index is 1320. The van der Waals surface area contributed by atoms with E-state index in [-0.39, 0.29) is 16.1 Å². The number of nitrogens with two attached hydrogens (primary N) is 1. The molecule has 12 heteroatoms. The van der Waals surface area contributed by atoms with Gasteiger partial charge in [0.25, 0.3) is 5.91 Å². The highest BCUT2D eigenvalue weighted by atomic mass is 32.2. The number of aryl methyl sites for hydroxylation is 1. The minimum absolute atomic E-state index is 0.0847. The first-order chi connectivity index (χ1) is 16.2. The molecule has 0 radical (unpaired) electrons. The van der Waals surface area contributed by atoms with Gasteiger partial charge in [-0.3, -0.25) is 14.3 Å². The van der Waals surface area contributed by atoms with Crippen LogP contribution in [0.25, 0.3) is 0 Å². The van der Waals surface area contributed by atoms with E-state index in [0.717, 1.165) is 18.4 Å². The van der Waals surface area contributed by atoms with E-state index in [1.165, 1.54) is 18.3 Å². The maximum absolute atomic E-state index is 12.8. The average Bonchev–Trinajstić information content (AvgIpc) is 3.58. The number of anilines is 4. The molecule has 0 aliphatic heterocycles. The molecule has 1 amide bonds. The molecule has 0 bridgehead atoms. The molecule has 0 spiro atoms. The monoisotopic (exact) mass is 485 g/mol. The number of sulfonamides is 1. The first-order valence-corrected chi connectivity index (χ1v) is 12.3. The van der Waals surface area contributed by atoms with Gasteiger partial charge in [0.15, 0.2) is 11.6 Å². The highest BCUT2D eigenvalue weighted by Gasteiger charge is 2.27. The van der Waals surface area contributed by atoms with E-state index in [1.807, 2.05) is 13.0 Å². The van der Waals surface area contributed by atoms with Crippen LogP contribution in [0.2, 0.25) is 0 Å². The molecule has 180 valence electrons. The van der Waals surface area contributed by atoms with Gasteiger partial charge in [0.1, 0.15) is 4.90 Å². The van der Waals surface area contributed by atoms with Crippen LogP contribution in [0.1, 0.15) is 41.6 Å². The molecule has 1 saturated carbocycles. The lowest BCUT2D eigenvalue weighted by molar-refractivity contribution is 0.100. The maximum Gasteiger partial charge on any atom is 0.252 e. The number of aromatic nitrogens is 3. The van der Waals surface area contributed by atoms with Gasteiger partial charge in [-0.15, -0.1) is 0 Å². The zero-order chi connectivity index (χ0) is 24.5. The quantitative estimate of drug-likeness (QED) is 0.372. The van der Waals surface area contributed by atoms with Crippen molar-refractivity contribution in [3.63, 3.8) is 0 Å². The van der Waals surface area contributed by atoms with Gasteiger partial charge in [-0.05, 0) is 50.4 Å². The van der Waals surface area contributed by atoms with Crippen LogP contribution in [-0.4, -0.2) is 42.7 Å². The number of carbonyl (C=O) groups excluding carboxylic acids is 1. The van der Waals surface area contributed by atoms with Crippen LogP contribution in [-0.2, 0) is 21.9 Å². The van der Waals surface area contributed by atoms with Gasteiger partial charge in [-0.25, -0.2) is 18.1 Å². The number of hydrogen-bond acceptors (Lipinski definition) is 8. The number of nitrogens with one attached hydrogen (secondary N) is 2. The summed E-state index contributed by atoms with van der Waals surface area (Å²) in [5, 5.41) is 8.72. The molecule has 2 aromatic heterocycles. The van der Waals surface area contributed by atoms with Gasteiger partial charge in [0.2, 0.25) is 10.0 Å². The molecule has 4 rings (SSSR count). The fraction of sp³-hybridized carbons (Fsp3) is 0.318. The normalized spacial score (nSPS) is 13.6. The minimum atomic E-state index is -3.78. The van der Waals surface area contributed by atoms with Crippen LogP contribution < -0.4 is 20.8 Å². The summed E-state index contributed by atoms with van der Waals surface area (Å²) in [5.41, 5.74) is 7.24. The molecular weight excluding hydrogens is 458 g/mol. The van der Waals surface area contributed by atoms with Crippen molar-refractivity contribution in [2.45, 2.75) is 30.6 Å². The molecular formula is C22H27N7O4S. The summed E-state index contributed by atoms with van der Waals surface area (Å²) < 4.78 is 29.6. The molecule has 2 heterocycles. The Hall–Kier alpha value is -3.48. The van der Waals surface area contributed by atoms with Crippen LogP contribution >= 0.6 is 0 Å². The predicted molar refractivity (Wildman–Crippen MR) is 128 cm³/mol. The van der Waals surface area contributed by atoms with E-state index in [9.17, 15) is 13.2 Å². The van der Waals surface area contributed by atoms with E-state index in [4.69, 9.17) is 10.6 Å². The zero-order valence-electron chi connectivity index (χ0n) is 19.1. The Balaban J connectivity index is 1.80. The van der Waals surface area contributed by atoms with Crippen molar-refractivity contribution in [3.05, 3.63) is 53.9 Å². The van der Waals surface area contributed by atoms with Gasteiger partial charge in [-0.1, -0.05) is 6.07 Å². The van der Waals surface area contributed by atoms with Crippen LogP contribution in [0.4, 0.5) is 23.0 Å². The SMILES string of the molecule is CCON(c1cc(Nc2ccc(C3CC3)cc2S(=O)(=O)NC)c(C(N)=O)cn1)c1ccnn1C. The third-order valence-corrected chi connectivity index (χ3v) is 6.96. The van der Waals surface area contributed by atoms with E-state index < -0.39 is 15.9 Å². The van der Waals surface area contributed by atoms with Gasteiger partial charge >= 0.3 is 0 Å². The van der Waals surface area contributed by atoms with Crippen molar-refractivity contribution < 1.29 is 18.0 Å². The predicted octanol–water partition coefficient (Wildman–Crippen LogP) is 2.53. The average molecular weight is 486 g/mol. The van der Waals surface area contributed by atoms with Gasteiger partial charge in [0.05, 0.1) is 29.7 Å². The number of benzene rings is 1. The highest BCUT2D eigenvalue weighted by molar-refractivity contribution is 7.89. The van der Waals surface area contributed by atoms with E-state index in [2.05, 4.69) is 20.1 Å². The second-order valence-electron chi connectivity index (χ2n) is 7.84. The van der Waals surface area contributed by atoms with E-state index in [1.54, 1.807) is 42.2 Å². The second-order valence-corrected chi connectivity index (χ2v) is 9.69. The van der Waals surface area contributed by atoms with Crippen LogP contribution in [0, 0.1) is 0 Å². The second kappa shape index (κ2) is 9.41. The fourth-order valence-corrected chi connectivity index (χ4v) is 4.51. The molecule has 1 aliphatic rings. The molecule has 0 unspecified atom stereocenters. The van der Waals surface area contributed by atoms with Crippen molar-refractivity contribution in [1.29, 1.82) is 0 Å². The number of nitrogens with zero attached hydrogens (tertiary/aromatic N) is 4. The number of hydrogen-bond donors (Lipinski definition) is 3. The smallest absolute Gasteiger partial charge is 0.252 e. The zero-order valence-corrected chi connectivity index (χ0v) is 20.0. The van der Waals surface area contributed by atoms with Gasteiger partial charge in [-0.2, -0.15) is 10.2 Å². The molecule has 34 heavy (non-hydrogen) atoms. The van der Waals surface area contributed by atoms with E-state index in [0.29, 0.717) is 29.8 Å². The van der Waals surface area contributed by atoms with Gasteiger partial charge in [0, 0.05) is 25.4 Å². The summed E-state index contributed by atoms with van der Waals surface area (Å²) in [6, 6.07) is 8.58. The third kappa shape index (κ3) is 4.74. The summed E-state index contributed by atoms with van der Waals surface area (Å²) in [5.74, 6) is 0.620. The summed E-state index contributed by atoms with van der Waals surface area (Å²) in [6.07, 6.45) is 5.01. The number of carbonyl (C=O) groups is 1. The molecule has 1 aromatic carbocycles. The van der Waals surface area contributed by atoms with Crippen molar-refractivity contribution in [2.75, 3.05) is 24.0 Å². The maximum atomic E-state index is 12.8.